The maximum Gasteiger partial charge on any atom is 0.159 e. The monoisotopic (exact) mass is 261 g/mol. The summed E-state index contributed by atoms with van der Waals surface area (Å²) >= 11 is 3.09. The smallest absolute Gasteiger partial charge is 0.159 e. The molecule has 0 N–H and O–H groups in total. The van der Waals surface area contributed by atoms with Gasteiger partial charge >= 0.3 is 0 Å². The van der Waals surface area contributed by atoms with Gasteiger partial charge in [-0.05, 0) is 29.6 Å². The predicted molar refractivity (Wildman–Crippen MR) is 51.8 cm³/mol. The molecule has 1 rings (SSSR count). The molecule has 0 spiro atoms. The summed E-state index contributed by atoms with van der Waals surface area (Å²) in [6.45, 7) is 0.222. The fraction of sp³-hybridized carbons (Fsp3) is 0.250. The normalized spacial score (nSPS) is 9.64. The highest BCUT2D eigenvalue weighted by molar-refractivity contribution is 9.10. The van der Waals surface area contributed by atoms with Crippen molar-refractivity contribution < 1.29 is 8.78 Å². The summed E-state index contributed by atoms with van der Waals surface area (Å²) in [4.78, 5) is 2.56. The van der Waals surface area contributed by atoms with Gasteiger partial charge in [0.05, 0.1) is 0 Å². The molecule has 0 unspecified atom stereocenters. The Labute approximate surface area is 87.5 Å². The molecule has 0 amide bonds. The van der Waals surface area contributed by atoms with Gasteiger partial charge in [-0.1, -0.05) is 21.0 Å². The van der Waals surface area contributed by atoms with E-state index in [4.69, 9.17) is 5.53 Å². The van der Waals surface area contributed by atoms with E-state index < -0.39 is 11.6 Å². The Balaban J connectivity index is 2.86. The first-order valence-corrected chi connectivity index (χ1v) is 4.58. The first-order valence-electron chi connectivity index (χ1n) is 3.79. The number of benzene rings is 1. The van der Waals surface area contributed by atoms with E-state index in [1.165, 1.54) is 0 Å². The van der Waals surface area contributed by atoms with Crippen molar-refractivity contribution in [1.29, 1.82) is 0 Å². The molecule has 6 heteroatoms. The van der Waals surface area contributed by atoms with Crippen LogP contribution in [0, 0.1) is 11.6 Å². The van der Waals surface area contributed by atoms with Gasteiger partial charge in [-0.3, -0.25) is 0 Å². The van der Waals surface area contributed by atoms with Crippen LogP contribution in [0.15, 0.2) is 21.7 Å². The van der Waals surface area contributed by atoms with Crippen LogP contribution >= 0.6 is 15.9 Å². The van der Waals surface area contributed by atoms with Gasteiger partial charge in [-0.25, -0.2) is 8.78 Å². The molecule has 1 aromatic rings. The van der Waals surface area contributed by atoms with Crippen molar-refractivity contribution in [2.24, 2.45) is 5.11 Å². The average Bonchev–Trinajstić information content (AvgIpc) is 2.14. The highest BCUT2D eigenvalue weighted by atomic mass is 79.9. The number of rotatable bonds is 3. The summed E-state index contributed by atoms with van der Waals surface area (Å²) in [5.74, 6) is -1.80. The Kier molecular flexibility index (Phi) is 3.85. The lowest BCUT2D eigenvalue weighted by molar-refractivity contribution is 0.506. The van der Waals surface area contributed by atoms with Crippen molar-refractivity contribution in [2.45, 2.75) is 6.42 Å². The highest BCUT2D eigenvalue weighted by Gasteiger charge is 2.06. The number of halogens is 3. The Morgan fingerprint density at radius 1 is 1.36 bits per heavy atom. The summed E-state index contributed by atoms with van der Waals surface area (Å²) in [5.41, 5.74) is 8.60. The minimum Gasteiger partial charge on any atom is -0.204 e. The van der Waals surface area contributed by atoms with Crippen LogP contribution in [0.25, 0.3) is 10.4 Å². The van der Waals surface area contributed by atoms with Crippen LogP contribution in [0.3, 0.4) is 0 Å². The third-order valence-corrected chi connectivity index (χ3v) is 2.37. The van der Waals surface area contributed by atoms with E-state index in [1.807, 2.05) is 0 Å². The Morgan fingerprint density at radius 3 is 2.64 bits per heavy atom. The molecule has 0 aliphatic rings. The Morgan fingerprint density at radius 2 is 2.00 bits per heavy atom. The van der Waals surface area contributed by atoms with Gasteiger partial charge in [0, 0.05) is 15.9 Å². The van der Waals surface area contributed by atoms with Crippen molar-refractivity contribution in [3.63, 3.8) is 0 Å². The molecule has 1 aromatic carbocycles. The quantitative estimate of drug-likeness (QED) is 0.346. The second-order valence-corrected chi connectivity index (χ2v) is 3.42. The number of azide groups is 1. The van der Waals surface area contributed by atoms with Gasteiger partial charge in [0.1, 0.15) is 0 Å². The summed E-state index contributed by atoms with van der Waals surface area (Å²) in [6.07, 6.45) is 0.377. The number of nitrogens with zero attached hydrogens (tertiary/aromatic N) is 3. The van der Waals surface area contributed by atoms with E-state index in [0.29, 0.717) is 16.5 Å². The van der Waals surface area contributed by atoms with Crippen LogP contribution in [0.1, 0.15) is 5.56 Å². The standard InChI is InChI=1S/C8H6BrF2N3/c9-6-4-8(11)7(10)3-5(6)1-2-13-14-12/h3-4H,1-2H2. The summed E-state index contributed by atoms with van der Waals surface area (Å²) in [7, 11) is 0. The SMILES string of the molecule is [N-]=[N+]=NCCc1cc(F)c(F)cc1Br. The van der Waals surface area contributed by atoms with Gasteiger partial charge in [-0.15, -0.1) is 0 Å². The molecule has 0 fully saturated rings. The zero-order chi connectivity index (χ0) is 10.6. The van der Waals surface area contributed by atoms with Gasteiger partial charge in [0.25, 0.3) is 0 Å². The fourth-order valence-corrected chi connectivity index (χ4v) is 1.48. The number of hydrogen-bond donors (Lipinski definition) is 0. The molecule has 0 heterocycles. The Hall–Kier alpha value is -1.13. The van der Waals surface area contributed by atoms with E-state index >= 15 is 0 Å². The summed E-state index contributed by atoms with van der Waals surface area (Å²) in [6, 6.07) is 2.15. The van der Waals surface area contributed by atoms with Crippen molar-refractivity contribution >= 4 is 15.9 Å². The molecule has 0 radical (unpaired) electrons. The lowest BCUT2D eigenvalue weighted by Crippen LogP contribution is -1.94. The maximum atomic E-state index is 12.8. The molecule has 0 saturated carbocycles. The molecule has 0 aromatic heterocycles. The van der Waals surface area contributed by atoms with E-state index in [0.717, 1.165) is 12.1 Å². The molecule has 14 heavy (non-hydrogen) atoms. The fourth-order valence-electron chi connectivity index (χ4n) is 0.971. The van der Waals surface area contributed by atoms with Crippen molar-refractivity contribution in [3.8, 4) is 0 Å². The molecular formula is C8H6BrF2N3. The van der Waals surface area contributed by atoms with Crippen molar-refractivity contribution in [2.75, 3.05) is 6.54 Å². The molecule has 0 saturated heterocycles. The molecule has 3 nitrogen and oxygen atoms in total. The van der Waals surface area contributed by atoms with E-state index in [9.17, 15) is 8.78 Å². The molecule has 0 bridgehead atoms. The first kappa shape index (κ1) is 10.9. The van der Waals surface area contributed by atoms with Crippen LogP contribution in [0.5, 0.6) is 0 Å². The van der Waals surface area contributed by atoms with E-state index in [1.54, 1.807) is 0 Å². The van der Waals surface area contributed by atoms with Crippen molar-refractivity contribution in [1.82, 2.24) is 0 Å². The second kappa shape index (κ2) is 4.93. The van der Waals surface area contributed by atoms with Gasteiger partial charge in [0.15, 0.2) is 11.6 Å². The van der Waals surface area contributed by atoms with E-state index in [-0.39, 0.29) is 6.54 Å². The van der Waals surface area contributed by atoms with E-state index in [2.05, 4.69) is 26.0 Å². The first-order chi connectivity index (χ1) is 6.65. The van der Waals surface area contributed by atoms with Gasteiger partial charge < -0.3 is 0 Å². The minimum atomic E-state index is -0.899. The van der Waals surface area contributed by atoms with Crippen LogP contribution in [0.2, 0.25) is 0 Å². The van der Waals surface area contributed by atoms with Gasteiger partial charge in [-0.2, -0.15) is 0 Å². The van der Waals surface area contributed by atoms with Crippen LogP contribution in [-0.4, -0.2) is 6.54 Å². The van der Waals surface area contributed by atoms with Crippen molar-refractivity contribution in [3.05, 3.63) is 44.2 Å². The molecule has 0 atom stereocenters. The summed E-state index contributed by atoms with van der Waals surface area (Å²) < 4.78 is 25.9. The maximum absolute atomic E-state index is 12.8. The highest BCUT2D eigenvalue weighted by Crippen LogP contribution is 2.21. The lowest BCUT2D eigenvalue weighted by atomic mass is 10.1. The zero-order valence-electron chi connectivity index (χ0n) is 7.04. The third kappa shape index (κ3) is 2.68. The van der Waals surface area contributed by atoms with Crippen LogP contribution in [-0.2, 0) is 6.42 Å². The predicted octanol–water partition coefficient (Wildman–Crippen LogP) is 3.58. The third-order valence-electron chi connectivity index (χ3n) is 1.63. The largest absolute Gasteiger partial charge is 0.204 e. The Bertz CT molecular complexity index is 388. The molecular weight excluding hydrogens is 256 g/mol. The molecule has 0 aliphatic carbocycles. The average molecular weight is 262 g/mol. The second-order valence-electron chi connectivity index (χ2n) is 2.56. The minimum absolute atomic E-state index is 0.222. The topological polar surface area (TPSA) is 48.8 Å². The summed E-state index contributed by atoms with van der Waals surface area (Å²) in [5, 5.41) is 3.30. The van der Waals surface area contributed by atoms with Gasteiger partial charge in [0.2, 0.25) is 0 Å². The lowest BCUT2D eigenvalue weighted by Gasteiger charge is -2.02. The number of hydrogen-bond acceptors (Lipinski definition) is 1. The molecule has 0 aliphatic heterocycles. The van der Waals surface area contributed by atoms with Crippen LogP contribution < -0.4 is 0 Å². The van der Waals surface area contributed by atoms with Crippen LogP contribution in [0.4, 0.5) is 8.78 Å². The molecule has 74 valence electrons. The zero-order valence-corrected chi connectivity index (χ0v) is 8.63.